The van der Waals surface area contributed by atoms with E-state index in [0.717, 1.165) is 34.4 Å². The molecule has 1 unspecified atom stereocenters. The molecular formula is C25H23NO4. The van der Waals surface area contributed by atoms with Gasteiger partial charge >= 0.3 is 0 Å². The van der Waals surface area contributed by atoms with Crippen molar-refractivity contribution in [3.63, 3.8) is 0 Å². The van der Waals surface area contributed by atoms with Crippen LogP contribution in [-0.2, 0) is 0 Å². The lowest BCUT2D eigenvalue weighted by Gasteiger charge is -2.21. The van der Waals surface area contributed by atoms with Crippen LogP contribution in [0.1, 0.15) is 40.2 Å². The third kappa shape index (κ3) is 3.92. The van der Waals surface area contributed by atoms with Gasteiger partial charge in [0.15, 0.2) is 0 Å². The molecule has 0 spiro atoms. The highest BCUT2D eigenvalue weighted by Crippen LogP contribution is 2.43. The van der Waals surface area contributed by atoms with Crippen LogP contribution >= 0.6 is 0 Å². The molecule has 1 heterocycles. The number of phenols is 1. The summed E-state index contributed by atoms with van der Waals surface area (Å²) in [6.07, 6.45) is 2.82. The Labute approximate surface area is 175 Å². The van der Waals surface area contributed by atoms with Crippen LogP contribution < -0.4 is 4.74 Å². The van der Waals surface area contributed by atoms with Crippen molar-refractivity contribution in [1.82, 2.24) is 0 Å². The number of rotatable bonds is 3. The monoisotopic (exact) mass is 401 g/mol. The van der Waals surface area contributed by atoms with E-state index < -0.39 is 4.92 Å². The van der Waals surface area contributed by atoms with E-state index >= 15 is 0 Å². The minimum absolute atomic E-state index is 0.0300. The van der Waals surface area contributed by atoms with Crippen molar-refractivity contribution in [2.24, 2.45) is 0 Å². The van der Waals surface area contributed by atoms with Gasteiger partial charge in [0.2, 0.25) is 0 Å². The van der Waals surface area contributed by atoms with Gasteiger partial charge in [-0.1, -0.05) is 29.8 Å². The second-order valence-electron chi connectivity index (χ2n) is 7.67. The molecule has 3 aromatic rings. The van der Waals surface area contributed by atoms with Crippen LogP contribution in [0.4, 0.5) is 5.69 Å². The Bertz CT molecular complexity index is 1120. The Morgan fingerprint density at radius 2 is 1.70 bits per heavy atom. The maximum atomic E-state index is 11.0. The highest BCUT2D eigenvalue weighted by molar-refractivity contribution is 5.62. The van der Waals surface area contributed by atoms with Crippen molar-refractivity contribution < 1.29 is 14.8 Å². The van der Waals surface area contributed by atoms with E-state index in [2.05, 4.69) is 32.1 Å². The molecule has 0 amide bonds. The average molecular weight is 401 g/mol. The molecule has 0 bridgehead atoms. The van der Waals surface area contributed by atoms with E-state index in [1.54, 1.807) is 24.3 Å². The van der Waals surface area contributed by atoms with Crippen LogP contribution in [0.5, 0.6) is 11.5 Å². The third-order valence-electron chi connectivity index (χ3n) is 5.64. The number of benzene rings is 3. The Morgan fingerprint density at radius 1 is 1.03 bits per heavy atom. The smallest absolute Gasteiger partial charge is 0.269 e. The van der Waals surface area contributed by atoms with Gasteiger partial charge in [-0.3, -0.25) is 10.1 Å². The van der Waals surface area contributed by atoms with Crippen molar-refractivity contribution in [2.75, 3.05) is 6.61 Å². The Hall–Kier alpha value is -3.60. The number of ether oxygens (including phenoxy) is 1. The molecular weight excluding hydrogens is 378 g/mol. The Morgan fingerprint density at radius 3 is 2.37 bits per heavy atom. The molecule has 1 aliphatic rings. The standard InChI is InChI=1S/C25H23NO4/c1-16-13-23-24(14-17(16)2)30-12-11-20(25(23)19-5-9-22(27)10-6-19)15-18-3-7-21(8-4-18)26(28)29/h3-10,13-15,25,27H,11-12H2,1-2H3/b20-15+. The van der Waals surface area contributed by atoms with Crippen LogP contribution in [0, 0.1) is 24.0 Å². The molecule has 5 heteroatoms. The fraction of sp³-hybridized carbons (Fsp3) is 0.200. The number of nitro groups is 1. The van der Waals surface area contributed by atoms with Gasteiger partial charge in [-0.25, -0.2) is 0 Å². The molecule has 4 rings (SSSR count). The first-order valence-electron chi connectivity index (χ1n) is 9.90. The summed E-state index contributed by atoms with van der Waals surface area (Å²) in [5.41, 5.74) is 6.68. The summed E-state index contributed by atoms with van der Waals surface area (Å²) in [6.45, 7) is 4.73. The molecule has 5 nitrogen and oxygen atoms in total. The zero-order chi connectivity index (χ0) is 21.3. The number of aryl methyl sites for hydroxylation is 2. The maximum absolute atomic E-state index is 11.0. The second kappa shape index (κ2) is 8.03. The van der Waals surface area contributed by atoms with Gasteiger partial charge < -0.3 is 9.84 Å². The van der Waals surface area contributed by atoms with Crippen LogP contribution in [0.2, 0.25) is 0 Å². The van der Waals surface area contributed by atoms with Gasteiger partial charge in [-0.05, 0) is 66.4 Å². The van der Waals surface area contributed by atoms with Gasteiger partial charge in [-0.15, -0.1) is 0 Å². The number of hydrogen-bond acceptors (Lipinski definition) is 4. The lowest BCUT2D eigenvalue weighted by Crippen LogP contribution is -2.05. The summed E-state index contributed by atoms with van der Waals surface area (Å²) in [6, 6.07) is 18.1. The predicted octanol–water partition coefficient (Wildman–Crippen LogP) is 5.92. The summed E-state index contributed by atoms with van der Waals surface area (Å²) >= 11 is 0. The molecule has 0 aromatic heterocycles. The highest BCUT2D eigenvalue weighted by atomic mass is 16.6. The normalized spacial score (nSPS) is 17.1. The second-order valence-corrected chi connectivity index (χ2v) is 7.67. The lowest BCUT2D eigenvalue weighted by molar-refractivity contribution is -0.384. The van der Waals surface area contributed by atoms with Gasteiger partial charge in [0.25, 0.3) is 5.69 Å². The molecule has 0 saturated carbocycles. The van der Waals surface area contributed by atoms with Crippen molar-refractivity contribution >= 4 is 11.8 Å². The molecule has 30 heavy (non-hydrogen) atoms. The van der Waals surface area contributed by atoms with Gasteiger partial charge in [0.05, 0.1) is 11.5 Å². The van der Waals surface area contributed by atoms with Crippen molar-refractivity contribution in [2.45, 2.75) is 26.2 Å². The van der Waals surface area contributed by atoms with E-state index in [4.69, 9.17) is 4.74 Å². The van der Waals surface area contributed by atoms with E-state index in [1.165, 1.54) is 23.3 Å². The number of non-ortho nitro benzene ring substituents is 1. The highest BCUT2D eigenvalue weighted by Gasteiger charge is 2.26. The SMILES string of the molecule is Cc1cc2c(cc1C)C(c1ccc(O)cc1)/C(=C/c1ccc([N+](=O)[O-])cc1)CCO2. The van der Waals surface area contributed by atoms with Crippen LogP contribution in [0.15, 0.2) is 66.2 Å². The van der Waals surface area contributed by atoms with Crippen molar-refractivity contribution in [3.8, 4) is 11.5 Å². The quantitative estimate of drug-likeness (QED) is 0.437. The summed E-state index contributed by atoms with van der Waals surface area (Å²) in [7, 11) is 0. The molecule has 1 N–H and O–H groups in total. The zero-order valence-electron chi connectivity index (χ0n) is 17.0. The number of phenolic OH excluding ortho intramolecular Hbond substituents is 1. The van der Waals surface area contributed by atoms with Crippen LogP contribution in [0.3, 0.4) is 0 Å². The maximum Gasteiger partial charge on any atom is 0.269 e. The average Bonchev–Trinajstić information content (AvgIpc) is 2.89. The molecule has 3 aromatic carbocycles. The van der Waals surface area contributed by atoms with Crippen molar-refractivity contribution in [3.05, 3.63) is 104 Å². The first-order valence-corrected chi connectivity index (χ1v) is 9.90. The number of nitro benzene ring substituents is 1. The van der Waals surface area contributed by atoms with E-state index in [1.807, 2.05) is 12.1 Å². The van der Waals surface area contributed by atoms with Gasteiger partial charge in [-0.2, -0.15) is 0 Å². The summed E-state index contributed by atoms with van der Waals surface area (Å²) < 4.78 is 6.10. The molecule has 1 atom stereocenters. The van der Waals surface area contributed by atoms with Gasteiger partial charge in [0.1, 0.15) is 11.5 Å². The topological polar surface area (TPSA) is 72.6 Å². The fourth-order valence-electron chi connectivity index (χ4n) is 3.91. The molecule has 0 aliphatic carbocycles. The number of nitrogens with zero attached hydrogens (tertiary/aromatic N) is 1. The zero-order valence-corrected chi connectivity index (χ0v) is 17.0. The number of hydrogen-bond donors (Lipinski definition) is 1. The van der Waals surface area contributed by atoms with E-state index in [-0.39, 0.29) is 17.4 Å². The number of fused-ring (bicyclic) bond motifs is 1. The third-order valence-corrected chi connectivity index (χ3v) is 5.64. The summed E-state index contributed by atoms with van der Waals surface area (Å²) in [5, 5.41) is 20.7. The molecule has 152 valence electrons. The summed E-state index contributed by atoms with van der Waals surface area (Å²) in [5.74, 6) is 1.07. The van der Waals surface area contributed by atoms with Gasteiger partial charge in [0, 0.05) is 30.0 Å². The fourth-order valence-corrected chi connectivity index (χ4v) is 3.91. The Kier molecular flexibility index (Phi) is 5.27. The van der Waals surface area contributed by atoms with E-state index in [0.29, 0.717) is 6.61 Å². The molecule has 0 fully saturated rings. The molecule has 0 radical (unpaired) electrons. The van der Waals surface area contributed by atoms with Crippen molar-refractivity contribution in [1.29, 1.82) is 0 Å². The first-order chi connectivity index (χ1) is 14.4. The lowest BCUT2D eigenvalue weighted by atomic mass is 9.81. The van der Waals surface area contributed by atoms with E-state index in [9.17, 15) is 15.2 Å². The molecule has 0 saturated heterocycles. The minimum Gasteiger partial charge on any atom is -0.508 e. The number of aromatic hydroxyl groups is 1. The minimum atomic E-state index is -0.392. The first kappa shape index (κ1) is 19.7. The predicted molar refractivity (Wildman–Crippen MR) is 117 cm³/mol. The largest absolute Gasteiger partial charge is 0.508 e. The Balaban J connectivity index is 1.85. The van der Waals surface area contributed by atoms with Crippen LogP contribution in [0.25, 0.3) is 6.08 Å². The summed E-state index contributed by atoms with van der Waals surface area (Å²) in [4.78, 5) is 10.6. The molecule has 1 aliphatic heterocycles. The van der Waals surface area contributed by atoms with Crippen LogP contribution in [-0.4, -0.2) is 16.6 Å².